The first kappa shape index (κ1) is 15.3. The standard InChI is InChI=1S/C20H22N2O/c1-14-9-8-12-16(13-14)22-17(15-10-6-5-7-11-15)18(23)19(21-22)20(2,3)4/h5-13,23H,1-4H3. The lowest BCUT2D eigenvalue weighted by Gasteiger charge is -2.15. The number of rotatable bonds is 2. The molecule has 118 valence electrons. The predicted molar refractivity (Wildman–Crippen MR) is 94.1 cm³/mol. The number of aryl methyl sites for hydroxylation is 1. The monoisotopic (exact) mass is 306 g/mol. The third-order valence-electron chi connectivity index (χ3n) is 3.86. The van der Waals surface area contributed by atoms with E-state index < -0.39 is 0 Å². The summed E-state index contributed by atoms with van der Waals surface area (Å²) >= 11 is 0. The van der Waals surface area contributed by atoms with Crippen molar-refractivity contribution in [1.82, 2.24) is 9.78 Å². The normalized spacial score (nSPS) is 11.7. The van der Waals surface area contributed by atoms with Crippen LogP contribution in [0.25, 0.3) is 16.9 Å². The SMILES string of the molecule is Cc1cccc(-n2nc(C(C)(C)C)c(O)c2-c2ccccc2)c1. The summed E-state index contributed by atoms with van der Waals surface area (Å²) in [6.07, 6.45) is 0. The Kier molecular flexibility index (Phi) is 3.72. The zero-order valence-corrected chi connectivity index (χ0v) is 14.0. The molecular formula is C20H22N2O. The van der Waals surface area contributed by atoms with E-state index in [2.05, 4.69) is 39.8 Å². The second-order valence-corrected chi connectivity index (χ2v) is 6.91. The summed E-state index contributed by atoms with van der Waals surface area (Å²) in [7, 11) is 0. The maximum Gasteiger partial charge on any atom is 0.166 e. The molecule has 0 aliphatic heterocycles. The van der Waals surface area contributed by atoms with Crippen LogP contribution in [0, 0.1) is 6.92 Å². The molecule has 1 N–H and O–H groups in total. The maximum atomic E-state index is 10.8. The predicted octanol–water partition coefficient (Wildman–Crippen LogP) is 4.85. The molecule has 0 saturated heterocycles. The van der Waals surface area contributed by atoms with Crippen molar-refractivity contribution in [3.05, 3.63) is 65.9 Å². The largest absolute Gasteiger partial charge is 0.504 e. The van der Waals surface area contributed by atoms with Crippen molar-refractivity contribution in [2.75, 3.05) is 0 Å². The molecule has 23 heavy (non-hydrogen) atoms. The van der Waals surface area contributed by atoms with Gasteiger partial charge in [-0.25, -0.2) is 4.68 Å². The van der Waals surface area contributed by atoms with E-state index >= 15 is 0 Å². The fourth-order valence-electron chi connectivity index (χ4n) is 2.72. The van der Waals surface area contributed by atoms with Gasteiger partial charge in [0.15, 0.2) is 5.75 Å². The number of hydrogen-bond acceptors (Lipinski definition) is 2. The van der Waals surface area contributed by atoms with Crippen LogP contribution in [-0.4, -0.2) is 14.9 Å². The zero-order chi connectivity index (χ0) is 16.6. The second kappa shape index (κ2) is 5.58. The molecule has 1 heterocycles. The third-order valence-corrected chi connectivity index (χ3v) is 3.86. The van der Waals surface area contributed by atoms with Crippen LogP contribution in [-0.2, 0) is 5.41 Å². The smallest absolute Gasteiger partial charge is 0.166 e. The Morgan fingerprint density at radius 1 is 0.957 bits per heavy atom. The van der Waals surface area contributed by atoms with Gasteiger partial charge in [-0.1, -0.05) is 63.2 Å². The first-order valence-electron chi connectivity index (χ1n) is 7.83. The van der Waals surface area contributed by atoms with Crippen molar-refractivity contribution in [2.45, 2.75) is 33.1 Å². The first-order valence-corrected chi connectivity index (χ1v) is 7.83. The van der Waals surface area contributed by atoms with E-state index in [0.717, 1.165) is 22.5 Å². The summed E-state index contributed by atoms with van der Waals surface area (Å²) in [6, 6.07) is 18.1. The number of hydrogen-bond donors (Lipinski definition) is 1. The highest BCUT2D eigenvalue weighted by atomic mass is 16.3. The molecule has 0 aliphatic rings. The lowest BCUT2D eigenvalue weighted by molar-refractivity contribution is 0.445. The van der Waals surface area contributed by atoms with Crippen LogP contribution in [0.4, 0.5) is 0 Å². The van der Waals surface area contributed by atoms with Gasteiger partial charge in [-0.05, 0) is 24.6 Å². The van der Waals surface area contributed by atoms with Gasteiger partial charge in [-0.3, -0.25) is 0 Å². The van der Waals surface area contributed by atoms with Crippen molar-refractivity contribution in [1.29, 1.82) is 0 Å². The minimum Gasteiger partial charge on any atom is -0.504 e. The summed E-state index contributed by atoms with van der Waals surface area (Å²) in [5, 5.41) is 15.6. The zero-order valence-electron chi connectivity index (χ0n) is 14.0. The molecule has 0 saturated carbocycles. The molecule has 0 bridgehead atoms. The van der Waals surface area contributed by atoms with E-state index in [-0.39, 0.29) is 11.2 Å². The third kappa shape index (κ3) is 2.87. The highest BCUT2D eigenvalue weighted by Gasteiger charge is 2.27. The van der Waals surface area contributed by atoms with E-state index in [4.69, 9.17) is 5.10 Å². The molecule has 3 nitrogen and oxygen atoms in total. The fourth-order valence-corrected chi connectivity index (χ4v) is 2.72. The first-order chi connectivity index (χ1) is 10.9. The van der Waals surface area contributed by atoms with Gasteiger partial charge in [0, 0.05) is 11.0 Å². The van der Waals surface area contributed by atoms with Gasteiger partial charge in [0.1, 0.15) is 11.4 Å². The number of nitrogens with zero attached hydrogens (tertiary/aromatic N) is 2. The number of aromatic nitrogens is 2. The molecule has 0 spiro atoms. The Morgan fingerprint density at radius 3 is 2.26 bits per heavy atom. The lowest BCUT2D eigenvalue weighted by Crippen LogP contribution is -2.13. The molecule has 2 aromatic carbocycles. The van der Waals surface area contributed by atoms with Gasteiger partial charge in [-0.15, -0.1) is 0 Å². The average Bonchev–Trinajstić information content (AvgIpc) is 2.86. The summed E-state index contributed by atoms with van der Waals surface area (Å²) in [4.78, 5) is 0. The topological polar surface area (TPSA) is 38.0 Å². The Bertz CT molecular complexity index is 827. The van der Waals surface area contributed by atoms with Crippen molar-refractivity contribution >= 4 is 0 Å². The highest BCUT2D eigenvalue weighted by Crippen LogP contribution is 2.39. The van der Waals surface area contributed by atoms with Crippen LogP contribution >= 0.6 is 0 Å². The second-order valence-electron chi connectivity index (χ2n) is 6.91. The van der Waals surface area contributed by atoms with Crippen LogP contribution in [0.2, 0.25) is 0 Å². The molecule has 0 radical (unpaired) electrons. The van der Waals surface area contributed by atoms with E-state index in [1.807, 2.05) is 47.1 Å². The molecule has 3 rings (SSSR count). The van der Waals surface area contributed by atoms with Crippen LogP contribution in [0.5, 0.6) is 5.75 Å². The molecule has 0 unspecified atom stereocenters. The average molecular weight is 306 g/mol. The summed E-state index contributed by atoms with van der Waals surface area (Å²) in [5.74, 6) is 0.255. The van der Waals surface area contributed by atoms with E-state index in [1.54, 1.807) is 0 Å². The molecule has 3 aromatic rings. The number of aromatic hydroxyl groups is 1. The van der Waals surface area contributed by atoms with Crippen LogP contribution in [0.1, 0.15) is 32.0 Å². The molecule has 1 aromatic heterocycles. The summed E-state index contributed by atoms with van der Waals surface area (Å²) in [6.45, 7) is 8.24. The van der Waals surface area contributed by atoms with Gasteiger partial charge in [0.05, 0.1) is 5.69 Å². The van der Waals surface area contributed by atoms with Gasteiger partial charge < -0.3 is 5.11 Å². The van der Waals surface area contributed by atoms with Crippen LogP contribution < -0.4 is 0 Å². The minimum atomic E-state index is -0.233. The Hall–Kier alpha value is -2.55. The van der Waals surface area contributed by atoms with Crippen molar-refractivity contribution in [2.24, 2.45) is 0 Å². The lowest BCUT2D eigenvalue weighted by atomic mass is 9.91. The number of benzene rings is 2. The molecule has 3 heteroatoms. The molecule has 0 amide bonds. The van der Waals surface area contributed by atoms with Gasteiger partial charge in [-0.2, -0.15) is 5.10 Å². The van der Waals surface area contributed by atoms with Gasteiger partial charge in [0.25, 0.3) is 0 Å². The van der Waals surface area contributed by atoms with E-state index in [0.29, 0.717) is 5.69 Å². The van der Waals surface area contributed by atoms with Crippen molar-refractivity contribution in [3.8, 4) is 22.7 Å². The Balaban J connectivity index is 2.30. The Labute approximate surface area is 137 Å². The molecule has 0 atom stereocenters. The van der Waals surface area contributed by atoms with E-state index in [9.17, 15) is 5.11 Å². The van der Waals surface area contributed by atoms with E-state index in [1.165, 1.54) is 0 Å². The maximum absolute atomic E-state index is 10.8. The van der Waals surface area contributed by atoms with Crippen molar-refractivity contribution in [3.63, 3.8) is 0 Å². The molecular weight excluding hydrogens is 284 g/mol. The van der Waals surface area contributed by atoms with Gasteiger partial charge >= 0.3 is 0 Å². The quantitative estimate of drug-likeness (QED) is 0.735. The summed E-state index contributed by atoms with van der Waals surface area (Å²) in [5.41, 5.74) is 4.28. The Morgan fingerprint density at radius 2 is 1.65 bits per heavy atom. The van der Waals surface area contributed by atoms with Crippen molar-refractivity contribution < 1.29 is 5.11 Å². The highest BCUT2D eigenvalue weighted by molar-refractivity contribution is 5.70. The summed E-state index contributed by atoms with van der Waals surface area (Å²) < 4.78 is 1.85. The van der Waals surface area contributed by atoms with Gasteiger partial charge in [0.2, 0.25) is 0 Å². The van der Waals surface area contributed by atoms with Crippen LogP contribution in [0.15, 0.2) is 54.6 Å². The molecule has 0 aliphatic carbocycles. The molecule has 0 fully saturated rings. The van der Waals surface area contributed by atoms with Crippen LogP contribution in [0.3, 0.4) is 0 Å². The fraction of sp³-hybridized carbons (Fsp3) is 0.250. The minimum absolute atomic E-state index is 0.233.